The molecule has 0 saturated carbocycles. The van der Waals surface area contributed by atoms with E-state index in [1.165, 1.54) is 30.2 Å². The molecule has 2 heterocycles. The van der Waals surface area contributed by atoms with Crippen molar-refractivity contribution >= 4 is 51.6 Å². The highest BCUT2D eigenvalue weighted by molar-refractivity contribution is 7.99. The molecule has 4 rings (SSSR count). The van der Waals surface area contributed by atoms with E-state index in [2.05, 4.69) is 15.5 Å². The van der Waals surface area contributed by atoms with Crippen LogP contribution < -0.4 is 5.32 Å². The molecule has 2 aromatic carbocycles. The molecule has 0 bridgehead atoms. The number of hydrogen-bond donors (Lipinski definition) is 1. The van der Waals surface area contributed by atoms with Crippen LogP contribution in [0.1, 0.15) is 21.7 Å². The Kier molecular flexibility index (Phi) is 7.66. The second-order valence-corrected chi connectivity index (χ2v) is 9.57. The molecule has 2 aromatic heterocycles. The maximum absolute atomic E-state index is 12.7. The van der Waals surface area contributed by atoms with Crippen molar-refractivity contribution in [1.29, 1.82) is 0 Å². The number of carbonyl (C=O) groups is 2. The molecule has 10 heteroatoms. The number of rotatable bonds is 8. The van der Waals surface area contributed by atoms with Gasteiger partial charge in [-0.1, -0.05) is 65.8 Å². The lowest BCUT2D eigenvalue weighted by Gasteiger charge is -2.08. The second-order valence-electron chi connectivity index (χ2n) is 7.31. The van der Waals surface area contributed by atoms with Crippen molar-refractivity contribution in [2.75, 3.05) is 18.2 Å². The summed E-state index contributed by atoms with van der Waals surface area (Å²) in [5, 5.41) is 14.8. The number of hydrogen-bond acceptors (Lipinski definition) is 7. The van der Waals surface area contributed by atoms with Crippen molar-refractivity contribution in [2.24, 2.45) is 7.05 Å². The second kappa shape index (κ2) is 10.9. The van der Waals surface area contributed by atoms with E-state index in [1.54, 1.807) is 12.1 Å². The van der Waals surface area contributed by atoms with Crippen LogP contribution in [0.3, 0.4) is 0 Å². The average Bonchev–Trinajstić information content (AvgIpc) is 3.42. The first kappa shape index (κ1) is 24.0. The van der Waals surface area contributed by atoms with Gasteiger partial charge in [0.25, 0.3) is 0 Å². The first-order chi connectivity index (χ1) is 16.5. The van der Waals surface area contributed by atoms with Crippen molar-refractivity contribution in [1.82, 2.24) is 14.8 Å². The van der Waals surface area contributed by atoms with E-state index < -0.39 is 5.97 Å². The number of benzene rings is 2. The highest BCUT2D eigenvalue weighted by Crippen LogP contribution is 2.36. The Morgan fingerprint density at radius 3 is 2.56 bits per heavy atom. The Balaban J connectivity index is 1.44. The molecule has 7 nitrogen and oxygen atoms in total. The minimum atomic E-state index is -0.520. The smallest absolute Gasteiger partial charge is 0.341 e. The number of aromatic nitrogens is 3. The summed E-state index contributed by atoms with van der Waals surface area (Å²) in [6.45, 7) is 0. The fourth-order valence-electron chi connectivity index (χ4n) is 3.29. The molecule has 0 aliphatic carbocycles. The number of anilines is 1. The van der Waals surface area contributed by atoms with Gasteiger partial charge in [0.15, 0.2) is 5.16 Å². The van der Waals surface area contributed by atoms with Crippen LogP contribution in [-0.2, 0) is 23.0 Å². The zero-order valence-corrected chi connectivity index (χ0v) is 20.8. The largest absolute Gasteiger partial charge is 0.465 e. The topological polar surface area (TPSA) is 86.1 Å². The third-order valence-electron chi connectivity index (χ3n) is 5.05. The van der Waals surface area contributed by atoms with Gasteiger partial charge in [0.05, 0.1) is 12.9 Å². The predicted octanol–water partition coefficient (Wildman–Crippen LogP) is 5.31. The van der Waals surface area contributed by atoms with Crippen LogP contribution in [0.15, 0.2) is 65.1 Å². The Morgan fingerprint density at radius 1 is 1.12 bits per heavy atom. The quantitative estimate of drug-likeness (QED) is 0.254. The van der Waals surface area contributed by atoms with Crippen LogP contribution in [0.2, 0.25) is 5.02 Å². The molecule has 0 atom stereocenters. The lowest BCUT2D eigenvalue weighted by molar-refractivity contribution is -0.113. The number of methoxy groups -OCH3 is 1. The van der Waals surface area contributed by atoms with Gasteiger partial charge in [-0.05, 0) is 23.3 Å². The highest BCUT2D eigenvalue weighted by atomic mass is 35.5. The zero-order chi connectivity index (χ0) is 24.1. The molecule has 174 valence electrons. The summed E-state index contributed by atoms with van der Waals surface area (Å²) in [6.07, 6.45) is 0.655. The van der Waals surface area contributed by atoms with Gasteiger partial charge in [0.1, 0.15) is 16.4 Å². The summed E-state index contributed by atoms with van der Waals surface area (Å²) < 4.78 is 6.85. The summed E-state index contributed by atoms with van der Waals surface area (Å²) in [7, 11) is 3.19. The number of nitrogens with zero attached hydrogens (tertiary/aromatic N) is 3. The summed E-state index contributed by atoms with van der Waals surface area (Å²) in [6, 6.07) is 17.1. The van der Waals surface area contributed by atoms with E-state index >= 15 is 0 Å². The Bertz CT molecular complexity index is 1300. The minimum Gasteiger partial charge on any atom is -0.465 e. The fourth-order valence-corrected chi connectivity index (χ4v) is 5.12. The summed E-state index contributed by atoms with van der Waals surface area (Å²) in [5.41, 5.74) is 2.94. The van der Waals surface area contributed by atoms with E-state index in [0.717, 1.165) is 17.0 Å². The molecule has 0 fully saturated rings. The summed E-state index contributed by atoms with van der Waals surface area (Å²) in [4.78, 5) is 25.2. The average molecular weight is 513 g/mol. The van der Waals surface area contributed by atoms with Crippen LogP contribution in [0.5, 0.6) is 0 Å². The SMILES string of the molecule is COC(=O)c1c(-c2ccc(Cl)cc2)csc1NC(=O)CSc1nnc(Cc2ccccc2)n1C. The summed E-state index contributed by atoms with van der Waals surface area (Å²) in [5.74, 6) is 0.153. The lowest BCUT2D eigenvalue weighted by atomic mass is 10.0. The van der Waals surface area contributed by atoms with Crippen molar-refractivity contribution in [2.45, 2.75) is 11.6 Å². The molecule has 34 heavy (non-hydrogen) atoms. The van der Waals surface area contributed by atoms with E-state index in [-0.39, 0.29) is 11.7 Å². The normalized spacial score (nSPS) is 10.8. The van der Waals surface area contributed by atoms with Crippen molar-refractivity contribution in [3.8, 4) is 11.1 Å². The van der Waals surface area contributed by atoms with Crippen LogP contribution in [-0.4, -0.2) is 39.5 Å². The van der Waals surface area contributed by atoms with E-state index in [4.69, 9.17) is 16.3 Å². The van der Waals surface area contributed by atoms with Gasteiger partial charge >= 0.3 is 5.97 Å². The number of ether oxygens (including phenoxy) is 1. The Labute approximate surface area is 210 Å². The van der Waals surface area contributed by atoms with Crippen molar-refractivity contribution in [3.63, 3.8) is 0 Å². The van der Waals surface area contributed by atoms with Crippen LogP contribution >= 0.6 is 34.7 Å². The van der Waals surface area contributed by atoms with E-state index in [0.29, 0.717) is 32.7 Å². The maximum Gasteiger partial charge on any atom is 0.341 e. The monoisotopic (exact) mass is 512 g/mol. The molecule has 0 spiro atoms. The van der Waals surface area contributed by atoms with Crippen LogP contribution in [0.25, 0.3) is 11.1 Å². The van der Waals surface area contributed by atoms with Gasteiger partial charge in [-0.15, -0.1) is 21.5 Å². The highest BCUT2D eigenvalue weighted by Gasteiger charge is 2.22. The number of nitrogens with one attached hydrogen (secondary N) is 1. The van der Waals surface area contributed by atoms with Crippen molar-refractivity contribution in [3.05, 3.63) is 82.0 Å². The van der Waals surface area contributed by atoms with Gasteiger partial charge in [0, 0.05) is 29.4 Å². The number of halogens is 1. The third kappa shape index (κ3) is 5.49. The van der Waals surface area contributed by atoms with Gasteiger partial charge in [-0.3, -0.25) is 4.79 Å². The lowest BCUT2D eigenvalue weighted by Crippen LogP contribution is -2.16. The first-order valence-corrected chi connectivity index (χ1v) is 12.5. The van der Waals surface area contributed by atoms with Gasteiger partial charge < -0.3 is 14.6 Å². The van der Waals surface area contributed by atoms with Gasteiger partial charge in [-0.2, -0.15) is 0 Å². The molecule has 0 aliphatic heterocycles. The number of esters is 1. The summed E-state index contributed by atoms with van der Waals surface area (Å²) >= 11 is 8.53. The molecular weight excluding hydrogens is 492 g/mol. The zero-order valence-electron chi connectivity index (χ0n) is 18.4. The number of amides is 1. The molecule has 0 saturated heterocycles. The van der Waals surface area contributed by atoms with Gasteiger partial charge in [0.2, 0.25) is 5.91 Å². The molecule has 4 aromatic rings. The Hall–Kier alpha value is -3.14. The van der Waals surface area contributed by atoms with Crippen LogP contribution in [0, 0.1) is 0 Å². The maximum atomic E-state index is 12.7. The molecular formula is C24H21ClN4O3S2. The van der Waals surface area contributed by atoms with Crippen LogP contribution in [0.4, 0.5) is 5.00 Å². The number of thioether (sulfide) groups is 1. The van der Waals surface area contributed by atoms with Gasteiger partial charge in [-0.25, -0.2) is 4.79 Å². The molecule has 0 radical (unpaired) electrons. The fraction of sp³-hybridized carbons (Fsp3) is 0.167. The molecule has 0 unspecified atom stereocenters. The molecule has 0 aliphatic rings. The number of thiophene rings is 1. The Morgan fingerprint density at radius 2 is 1.85 bits per heavy atom. The molecule has 1 N–H and O–H groups in total. The third-order valence-corrected chi connectivity index (χ3v) is 7.22. The van der Waals surface area contributed by atoms with E-state index in [1.807, 2.05) is 59.5 Å². The first-order valence-electron chi connectivity index (χ1n) is 10.3. The predicted molar refractivity (Wildman–Crippen MR) is 136 cm³/mol. The molecule has 1 amide bonds. The standard InChI is InChI=1S/C24H21ClN4O3S2/c1-29-19(12-15-6-4-3-5-7-15)27-28-24(29)34-14-20(30)26-22-21(23(31)32-2)18(13-33-22)16-8-10-17(25)11-9-16/h3-11,13H,12,14H2,1-2H3,(H,26,30). The van der Waals surface area contributed by atoms with E-state index in [9.17, 15) is 9.59 Å². The van der Waals surface area contributed by atoms with Crippen molar-refractivity contribution < 1.29 is 14.3 Å². The minimum absolute atomic E-state index is 0.117. The number of carbonyl (C=O) groups excluding carboxylic acids is 2.